The van der Waals surface area contributed by atoms with E-state index in [1.807, 2.05) is 17.0 Å². The molecule has 0 saturated carbocycles. The van der Waals surface area contributed by atoms with Gasteiger partial charge in [0.05, 0.1) is 5.54 Å². The SMILES string of the molecule is O=C1NCCN1C1(c2ccc(F)cc2)CCNCC1. The van der Waals surface area contributed by atoms with Crippen LogP contribution in [0.3, 0.4) is 0 Å². The summed E-state index contributed by atoms with van der Waals surface area (Å²) in [6.07, 6.45) is 1.73. The molecule has 1 aromatic carbocycles. The maximum atomic E-state index is 13.1. The van der Waals surface area contributed by atoms with Gasteiger partial charge in [-0.1, -0.05) is 12.1 Å². The zero-order valence-electron chi connectivity index (χ0n) is 10.8. The fourth-order valence-electron chi connectivity index (χ4n) is 3.19. The van der Waals surface area contributed by atoms with Crippen molar-refractivity contribution in [1.29, 1.82) is 0 Å². The number of carbonyl (C=O) groups excluding carboxylic acids is 1. The summed E-state index contributed by atoms with van der Waals surface area (Å²) in [6.45, 7) is 3.16. The first kappa shape index (κ1) is 12.4. The van der Waals surface area contributed by atoms with Crippen LogP contribution in [0.25, 0.3) is 0 Å². The Morgan fingerprint density at radius 1 is 1.11 bits per heavy atom. The molecule has 5 heteroatoms. The maximum absolute atomic E-state index is 13.1. The minimum Gasteiger partial charge on any atom is -0.336 e. The Balaban J connectivity index is 2.00. The second kappa shape index (κ2) is 4.81. The average molecular weight is 263 g/mol. The van der Waals surface area contributed by atoms with E-state index in [9.17, 15) is 9.18 Å². The standard InChI is InChI=1S/C14H18FN3O/c15-12-3-1-11(2-4-12)14(5-7-16-8-6-14)18-10-9-17-13(18)19/h1-4,16H,5-10H2,(H,17,19). The first-order valence-electron chi connectivity index (χ1n) is 6.75. The minimum absolute atomic E-state index is 0.00812. The van der Waals surface area contributed by atoms with Gasteiger partial charge in [-0.2, -0.15) is 0 Å². The summed E-state index contributed by atoms with van der Waals surface area (Å²) in [5.41, 5.74) is 0.743. The van der Waals surface area contributed by atoms with E-state index >= 15 is 0 Å². The molecule has 0 atom stereocenters. The fraction of sp³-hybridized carbons (Fsp3) is 0.500. The van der Waals surface area contributed by atoms with Gasteiger partial charge in [-0.3, -0.25) is 0 Å². The number of hydrogen-bond donors (Lipinski definition) is 2. The van der Waals surface area contributed by atoms with Crippen molar-refractivity contribution in [2.75, 3.05) is 26.2 Å². The van der Waals surface area contributed by atoms with Crippen molar-refractivity contribution < 1.29 is 9.18 Å². The number of amides is 2. The predicted molar refractivity (Wildman–Crippen MR) is 70.3 cm³/mol. The van der Waals surface area contributed by atoms with Gasteiger partial charge in [-0.15, -0.1) is 0 Å². The van der Waals surface area contributed by atoms with Gasteiger partial charge in [0.1, 0.15) is 5.82 Å². The first-order chi connectivity index (χ1) is 9.22. The maximum Gasteiger partial charge on any atom is 0.318 e. The molecule has 2 fully saturated rings. The highest BCUT2D eigenvalue weighted by atomic mass is 19.1. The summed E-state index contributed by atoms with van der Waals surface area (Å²) in [6, 6.07) is 6.57. The second-order valence-electron chi connectivity index (χ2n) is 5.17. The summed E-state index contributed by atoms with van der Waals surface area (Å²) in [5.74, 6) is -0.237. The van der Waals surface area contributed by atoms with Gasteiger partial charge >= 0.3 is 6.03 Å². The molecule has 102 valence electrons. The molecule has 0 radical (unpaired) electrons. The van der Waals surface area contributed by atoms with E-state index in [0.29, 0.717) is 6.54 Å². The van der Waals surface area contributed by atoms with E-state index in [1.54, 1.807) is 0 Å². The third-order valence-corrected chi connectivity index (χ3v) is 4.19. The molecule has 4 nitrogen and oxygen atoms in total. The van der Waals surface area contributed by atoms with Gasteiger partial charge in [0.2, 0.25) is 0 Å². The van der Waals surface area contributed by atoms with Crippen LogP contribution in [0.1, 0.15) is 18.4 Å². The molecule has 0 aliphatic carbocycles. The van der Waals surface area contributed by atoms with Crippen LogP contribution in [0.5, 0.6) is 0 Å². The predicted octanol–water partition coefficient (Wildman–Crippen LogP) is 1.43. The Labute approximate surface area is 112 Å². The lowest BCUT2D eigenvalue weighted by atomic mass is 9.80. The third-order valence-electron chi connectivity index (χ3n) is 4.19. The monoisotopic (exact) mass is 263 g/mol. The van der Waals surface area contributed by atoms with E-state index in [1.165, 1.54) is 12.1 Å². The highest BCUT2D eigenvalue weighted by Crippen LogP contribution is 2.38. The fourth-order valence-corrected chi connectivity index (χ4v) is 3.19. The highest BCUT2D eigenvalue weighted by molar-refractivity contribution is 5.77. The number of nitrogens with zero attached hydrogens (tertiary/aromatic N) is 1. The van der Waals surface area contributed by atoms with Crippen LogP contribution < -0.4 is 10.6 Å². The average Bonchev–Trinajstić information content (AvgIpc) is 2.87. The van der Waals surface area contributed by atoms with E-state index in [2.05, 4.69) is 10.6 Å². The number of piperidine rings is 1. The molecule has 1 aromatic rings. The van der Waals surface area contributed by atoms with Gasteiger partial charge in [-0.05, 0) is 43.6 Å². The quantitative estimate of drug-likeness (QED) is 0.848. The zero-order chi connectivity index (χ0) is 13.3. The molecule has 19 heavy (non-hydrogen) atoms. The van der Waals surface area contributed by atoms with E-state index < -0.39 is 0 Å². The highest BCUT2D eigenvalue weighted by Gasteiger charge is 2.43. The van der Waals surface area contributed by atoms with Gasteiger partial charge in [0.25, 0.3) is 0 Å². The van der Waals surface area contributed by atoms with E-state index in [0.717, 1.165) is 38.0 Å². The second-order valence-corrected chi connectivity index (χ2v) is 5.17. The van der Waals surface area contributed by atoms with Crippen LogP contribution in [0.15, 0.2) is 24.3 Å². The van der Waals surface area contributed by atoms with Crippen molar-refractivity contribution in [3.05, 3.63) is 35.6 Å². The van der Waals surface area contributed by atoms with Crippen molar-refractivity contribution in [2.24, 2.45) is 0 Å². The number of nitrogens with one attached hydrogen (secondary N) is 2. The topological polar surface area (TPSA) is 44.4 Å². The van der Waals surface area contributed by atoms with Crippen LogP contribution in [0, 0.1) is 5.82 Å². The van der Waals surface area contributed by atoms with Crippen molar-refractivity contribution >= 4 is 6.03 Å². The Bertz CT molecular complexity index is 468. The zero-order valence-corrected chi connectivity index (χ0v) is 10.8. The summed E-state index contributed by atoms with van der Waals surface area (Å²) in [5, 5.41) is 6.19. The normalized spacial score (nSPS) is 22.4. The number of carbonyl (C=O) groups is 1. The molecule has 2 saturated heterocycles. The lowest BCUT2D eigenvalue weighted by molar-refractivity contribution is 0.102. The van der Waals surface area contributed by atoms with Crippen molar-refractivity contribution in [1.82, 2.24) is 15.5 Å². The Kier molecular flexibility index (Phi) is 3.14. The number of urea groups is 1. The third kappa shape index (κ3) is 2.08. The summed E-state index contributed by atoms with van der Waals surface area (Å²) in [4.78, 5) is 14.0. The Morgan fingerprint density at radius 2 is 1.79 bits per heavy atom. The molecular weight excluding hydrogens is 245 g/mol. The van der Waals surface area contributed by atoms with Gasteiger partial charge in [0, 0.05) is 13.1 Å². The van der Waals surface area contributed by atoms with E-state index in [4.69, 9.17) is 0 Å². The van der Waals surface area contributed by atoms with Crippen molar-refractivity contribution in [3.63, 3.8) is 0 Å². The lowest BCUT2D eigenvalue weighted by Crippen LogP contribution is -2.53. The Hall–Kier alpha value is -1.62. The van der Waals surface area contributed by atoms with Gasteiger partial charge in [-0.25, -0.2) is 9.18 Å². The van der Waals surface area contributed by atoms with Crippen LogP contribution in [0.2, 0.25) is 0 Å². The van der Waals surface area contributed by atoms with Gasteiger partial charge < -0.3 is 15.5 Å². The molecule has 0 aromatic heterocycles. The summed E-state index contributed by atoms with van der Waals surface area (Å²) >= 11 is 0. The summed E-state index contributed by atoms with van der Waals surface area (Å²) < 4.78 is 13.1. The molecule has 0 bridgehead atoms. The molecule has 0 unspecified atom stereocenters. The van der Waals surface area contributed by atoms with Crippen LogP contribution in [-0.2, 0) is 5.54 Å². The van der Waals surface area contributed by atoms with Crippen LogP contribution in [0.4, 0.5) is 9.18 Å². The molecule has 2 heterocycles. The molecule has 2 aliphatic rings. The lowest BCUT2D eigenvalue weighted by Gasteiger charge is -2.44. The number of rotatable bonds is 2. The molecule has 3 rings (SSSR count). The van der Waals surface area contributed by atoms with Crippen molar-refractivity contribution in [2.45, 2.75) is 18.4 Å². The van der Waals surface area contributed by atoms with Crippen LogP contribution in [-0.4, -0.2) is 37.1 Å². The smallest absolute Gasteiger partial charge is 0.318 e. The molecule has 2 N–H and O–H groups in total. The number of benzene rings is 1. The molecule has 2 amide bonds. The van der Waals surface area contributed by atoms with Gasteiger partial charge in [0.15, 0.2) is 0 Å². The largest absolute Gasteiger partial charge is 0.336 e. The first-order valence-corrected chi connectivity index (χ1v) is 6.75. The number of halogens is 1. The van der Waals surface area contributed by atoms with Crippen LogP contribution >= 0.6 is 0 Å². The number of hydrogen-bond acceptors (Lipinski definition) is 2. The minimum atomic E-state index is -0.292. The van der Waals surface area contributed by atoms with Crippen molar-refractivity contribution in [3.8, 4) is 0 Å². The molecular formula is C14H18FN3O. The Morgan fingerprint density at radius 3 is 2.37 bits per heavy atom. The summed E-state index contributed by atoms with van der Waals surface area (Å²) in [7, 11) is 0. The molecule has 0 spiro atoms. The van der Waals surface area contributed by atoms with E-state index in [-0.39, 0.29) is 17.4 Å². The molecule has 2 aliphatic heterocycles.